The topological polar surface area (TPSA) is 9.23 Å². The zero-order valence-electron chi connectivity index (χ0n) is 9.90. The van der Waals surface area contributed by atoms with Crippen LogP contribution < -0.4 is 4.74 Å². The van der Waals surface area contributed by atoms with Crippen molar-refractivity contribution in [2.24, 2.45) is 0 Å². The fourth-order valence-corrected chi connectivity index (χ4v) is 2.81. The number of ether oxygens (including phenoxy) is 1. The van der Waals surface area contributed by atoms with Crippen LogP contribution in [0, 0.1) is 11.6 Å². The predicted molar refractivity (Wildman–Crippen MR) is 72.5 cm³/mol. The lowest BCUT2D eigenvalue weighted by molar-refractivity contribution is 0.293. The van der Waals surface area contributed by atoms with Crippen LogP contribution in [0.15, 0.2) is 48.5 Å². The van der Waals surface area contributed by atoms with Crippen LogP contribution in [0.25, 0.3) is 10.1 Å². The molecular weight excluding hydrogens is 266 g/mol. The third-order valence-electron chi connectivity index (χ3n) is 2.74. The molecule has 0 N–H and O–H groups in total. The minimum Gasteiger partial charge on any atom is -0.485 e. The number of rotatable bonds is 3. The average molecular weight is 276 g/mol. The maximum atomic E-state index is 13.4. The van der Waals surface area contributed by atoms with E-state index in [1.54, 1.807) is 24.3 Å². The Hall–Kier alpha value is -1.94. The molecule has 19 heavy (non-hydrogen) atoms. The molecule has 2 aromatic carbocycles. The lowest BCUT2D eigenvalue weighted by Crippen LogP contribution is -1.94. The molecule has 0 aliphatic carbocycles. The van der Waals surface area contributed by atoms with Gasteiger partial charge in [0.25, 0.3) is 0 Å². The van der Waals surface area contributed by atoms with Crippen molar-refractivity contribution in [1.82, 2.24) is 0 Å². The van der Waals surface area contributed by atoms with E-state index in [-0.39, 0.29) is 24.0 Å². The Kier molecular flexibility index (Phi) is 3.17. The molecule has 0 aliphatic heterocycles. The maximum Gasteiger partial charge on any atom is 0.165 e. The van der Waals surface area contributed by atoms with Gasteiger partial charge in [0.1, 0.15) is 12.4 Å². The van der Waals surface area contributed by atoms with Crippen molar-refractivity contribution in [2.45, 2.75) is 6.61 Å². The summed E-state index contributed by atoms with van der Waals surface area (Å²) in [5.41, 5.74) is 0. The van der Waals surface area contributed by atoms with Gasteiger partial charge >= 0.3 is 0 Å². The first-order valence-corrected chi connectivity index (χ1v) is 6.59. The quantitative estimate of drug-likeness (QED) is 0.670. The molecule has 0 saturated heterocycles. The Morgan fingerprint density at radius 1 is 1.00 bits per heavy atom. The normalized spacial score (nSPS) is 10.8. The number of para-hydroxylation sites is 1. The SMILES string of the molecule is Fc1ccc2sc(COc3ccccc3F)cc2c1. The predicted octanol–water partition coefficient (Wildman–Crippen LogP) is 4.76. The van der Waals surface area contributed by atoms with Gasteiger partial charge < -0.3 is 4.74 Å². The van der Waals surface area contributed by atoms with E-state index in [1.165, 1.54) is 29.5 Å². The van der Waals surface area contributed by atoms with Crippen LogP contribution in [-0.4, -0.2) is 0 Å². The molecule has 1 heterocycles. The zero-order chi connectivity index (χ0) is 13.2. The van der Waals surface area contributed by atoms with Crippen LogP contribution in [0.3, 0.4) is 0 Å². The van der Waals surface area contributed by atoms with Gasteiger partial charge in [-0.15, -0.1) is 11.3 Å². The highest BCUT2D eigenvalue weighted by Crippen LogP contribution is 2.27. The third kappa shape index (κ3) is 2.58. The van der Waals surface area contributed by atoms with Gasteiger partial charge in [0.05, 0.1) is 0 Å². The van der Waals surface area contributed by atoms with Gasteiger partial charge in [-0.2, -0.15) is 0 Å². The first-order valence-electron chi connectivity index (χ1n) is 5.78. The lowest BCUT2D eigenvalue weighted by Gasteiger charge is -2.04. The van der Waals surface area contributed by atoms with E-state index in [9.17, 15) is 8.78 Å². The largest absolute Gasteiger partial charge is 0.485 e. The van der Waals surface area contributed by atoms with Crippen molar-refractivity contribution >= 4 is 21.4 Å². The van der Waals surface area contributed by atoms with Gasteiger partial charge in [-0.1, -0.05) is 12.1 Å². The van der Waals surface area contributed by atoms with Gasteiger partial charge in [-0.3, -0.25) is 0 Å². The van der Waals surface area contributed by atoms with Crippen LogP contribution in [-0.2, 0) is 6.61 Å². The molecule has 3 aromatic rings. The van der Waals surface area contributed by atoms with E-state index < -0.39 is 0 Å². The lowest BCUT2D eigenvalue weighted by atomic mass is 10.2. The molecule has 96 valence electrons. The van der Waals surface area contributed by atoms with Crippen LogP contribution >= 0.6 is 11.3 Å². The molecule has 0 fully saturated rings. The first-order chi connectivity index (χ1) is 9.22. The van der Waals surface area contributed by atoms with E-state index in [1.807, 2.05) is 6.07 Å². The second-order valence-corrected chi connectivity index (χ2v) is 5.28. The molecule has 4 heteroatoms. The molecule has 0 bridgehead atoms. The van der Waals surface area contributed by atoms with Crippen molar-refractivity contribution < 1.29 is 13.5 Å². The Labute approximate surface area is 113 Å². The van der Waals surface area contributed by atoms with Crippen molar-refractivity contribution in [2.75, 3.05) is 0 Å². The first kappa shape index (κ1) is 12.1. The van der Waals surface area contributed by atoms with Crippen molar-refractivity contribution in [3.05, 3.63) is 65.0 Å². The van der Waals surface area contributed by atoms with E-state index in [2.05, 4.69) is 0 Å². The summed E-state index contributed by atoms with van der Waals surface area (Å²) in [6.07, 6.45) is 0. The summed E-state index contributed by atoms with van der Waals surface area (Å²) in [5, 5.41) is 0.845. The summed E-state index contributed by atoms with van der Waals surface area (Å²) in [6.45, 7) is 0.280. The molecule has 0 atom stereocenters. The minimum atomic E-state index is -0.380. The summed E-state index contributed by atoms with van der Waals surface area (Å²) < 4.78 is 32.9. The van der Waals surface area contributed by atoms with Crippen molar-refractivity contribution in [3.8, 4) is 5.75 Å². The molecule has 0 saturated carbocycles. The Balaban J connectivity index is 1.80. The molecule has 0 unspecified atom stereocenters. The standard InChI is InChI=1S/C15H10F2OS/c16-11-5-6-15-10(7-11)8-12(19-15)9-18-14-4-2-1-3-13(14)17/h1-8H,9H2. The smallest absolute Gasteiger partial charge is 0.165 e. The van der Waals surface area contributed by atoms with E-state index in [0.29, 0.717) is 0 Å². The molecule has 1 nitrogen and oxygen atoms in total. The second kappa shape index (κ2) is 4.97. The number of benzene rings is 2. The van der Waals surface area contributed by atoms with Crippen LogP contribution in [0.1, 0.15) is 4.88 Å². The second-order valence-electron chi connectivity index (χ2n) is 4.11. The van der Waals surface area contributed by atoms with Crippen LogP contribution in [0.5, 0.6) is 5.75 Å². The number of fused-ring (bicyclic) bond motifs is 1. The zero-order valence-corrected chi connectivity index (χ0v) is 10.7. The molecular formula is C15H10F2OS. The van der Waals surface area contributed by atoms with Crippen molar-refractivity contribution in [1.29, 1.82) is 0 Å². The van der Waals surface area contributed by atoms with E-state index in [4.69, 9.17) is 4.74 Å². The molecule has 0 aliphatic rings. The monoisotopic (exact) mass is 276 g/mol. The molecule has 0 radical (unpaired) electrons. The number of halogens is 2. The summed E-state index contributed by atoms with van der Waals surface area (Å²) in [6, 6.07) is 12.8. The average Bonchev–Trinajstić information content (AvgIpc) is 2.79. The molecule has 0 spiro atoms. The van der Waals surface area contributed by atoms with E-state index >= 15 is 0 Å². The van der Waals surface area contributed by atoms with Gasteiger partial charge in [0.2, 0.25) is 0 Å². The van der Waals surface area contributed by atoms with Gasteiger partial charge in [0.15, 0.2) is 11.6 Å². The number of thiophene rings is 1. The van der Waals surface area contributed by atoms with Gasteiger partial charge in [0, 0.05) is 9.58 Å². The number of hydrogen-bond donors (Lipinski definition) is 0. The maximum absolute atomic E-state index is 13.4. The molecule has 1 aromatic heterocycles. The highest BCUT2D eigenvalue weighted by Gasteiger charge is 2.06. The number of hydrogen-bond acceptors (Lipinski definition) is 2. The fraction of sp³-hybridized carbons (Fsp3) is 0.0667. The van der Waals surface area contributed by atoms with Crippen LogP contribution in [0.2, 0.25) is 0 Å². The summed E-state index contributed by atoms with van der Waals surface area (Å²) in [7, 11) is 0. The Bertz CT molecular complexity index is 721. The van der Waals surface area contributed by atoms with Crippen LogP contribution in [0.4, 0.5) is 8.78 Å². The minimum absolute atomic E-state index is 0.228. The third-order valence-corrected chi connectivity index (χ3v) is 3.83. The molecule has 0 amide bonds. The summed E-state index contributed by atoms with van der Waals surface area (Å²) in [5.74, 6) is -0.410. The van der Waals surface area contributed by atoms with Gasteiger partial charge in [-0.25, -0.2) is 8.78 Å². The summed E-state index contributed by atoms with van der Waals surface area (Å²) in [4.78, 5) is 0.934. The van der Waals surface area contributed by atoms with Crippen molar-refractivity contribution in [3.63, 3.8) is 0 Å². The highest BCUT2D eigenvalue weighted by molar-refractivity contribution is 7.19. The van der Waals surface area contributed by atoms with E-state index in [0.717, 1.165) is 15.0 Å². The summed E-state index contributed by atoms with van der Waals surface area (Å²) >= 11 is 1.52. The molecule has 3 rings (SSSR count). The van der Waals surface area contributed by atoms with Gasteiger partial charge in [-0.05, 0) is 41.8 Å². The Morgan fingerprint density at radius 2 is 1.84 bits per heavy atom. The fourth-order valence-electron chi connectivity index (χ4n) is 1.85. The highest BCUT2D eigenvalue weighted by atomic mass is 32.1. The Morgan fingerprint density at radius 3 is 2.68 bits per heavy atom.